The van der Waals surface area contributed by atoms with Gasteiger partial charge in [0.05, 0.1) is 12.6 Å². The Hall–Kier alpha value is -0.280. The monoisotopic (exact) mass is 233 g/mol. The summed E-state index contributed by atoms with van der Waals surface area (Å²) in [5.74, 6) is 0. The van der Waals surface area contributed by atoms with E-state index in [1.54, 1.807) is 18.2 Å². The van der Waals surface area contributed by atoms with Crippen LogP contribution in [0.4, 0.5) is 0 Å². The quantitative estimate of drug-likeness (QED) is 0.868. The molecule has 0 amide bonds. The topological polar surface area (TPSA) is 23.5 Å². The van der Waals surface area contributed by atoms with Crippen molar-refractivity contribution in [2.45, 2.75) is 6.04 Å². The van der Waals surface area contributed by atoms with Crippen LogP contribution >= 0.6 is 23.2 Å². The van der Waals surface area contributed by atoms with Gasteiger partial charge in [-0.3, -0.25) is 0 Å². The molecule has 1 N–H and O–H groups in total. The van der Waals surface area contributed by atoms with Crippen LogP contribution in [0.1, 0.15) is 11.6 Å². The fraction of sp³-hybridized carbons (Fsp3) is 0.400. The average molecular weight is 234 g/mol. The Morgan fingerprint density at radius 2 is 1.79 bits per heavy atom. The first-order valence-corrected chi connectivity index (χ1v) is 5.04. The minimum Gasteiger partial charge on any atom is -0.394 e. The third kappa shape index (κ3) is 2.39. The highest BCUT2D eigenvalue weighted by molar-refractivity contribution is 6.36. The van der Waals surface area contributed by atoms with Crippen molar-refractivity contribution in [1.29, 1.82) is 0 Å². The van der Waals surface area contributed by atoms with Crippen LogP contribution in [0.5, 0.6) is 0 Å². The third-order valence-corrected chi connectivity index (χ3v) is 2.79. The Kier molecular flexibility index (Phi) is 4.20. The lowest BCUT2D eigenvalue weighted by molar-refractivity contribution is 0.171. The molecule has 0 heterocycles. The molecule has 0 aliphatic rings. The summed E-state index contributed by atoms with van der Waals surface area (Å²) in [7, 11) is 3.75. The lowest BCUT2D eigenvalue weighted by Crippen LogP contribution is -2.23. The minimum absolute atomic E-state index is 0.00352. The number of rotatable bonds is 3. The van der Waals surface area contributed by atoms with Gasteiger partial charge in [-0.1, -0.05) is 29.3 Å². The second kappa shape index (κ2) is 4.99. The number of benzene rings is 1. The Morgan fingerprint density at radius 3 is 2.14 bits per heavy atom. The van der Waals surface area contributed by atoms with E-state index in [1.165, 1.54) is 0 Å². The molecule has 0 aliphatic heterocycles. The molecule has 1 unspecified atom stereocenters. The maximum atomic E-state index is 9.24. The molecular formula is C10H13Cl2NO. The summed E-state index contributed by atoms with van der Waals surface area (Å²) in [6.07, 6.45) is 0. The first-order valence-electron chi connectivity index (χ1n) is 4.29. The van der Waals surface area contributed by atoms with Gasteiger partial charge >= 0.3 is 0 Å². The van der Waals surface area contributed by atoms with Crippen molar-refractivity contribution in [2.75, 3.05) is 20.7 Å². The first kappa shape index (κ1) is 11.8. The Morgan fingerprint density at radius 1 is 1.29 bits per heavy atom. The van der Waals surface area contributed by atoms with Crippen molar-refractivity contribution < 1.29 is 5.11 Å². The van der Waals surface area contributed by atoms with Crippen molar-refractivity contribution in [3.05, 3.63) is 33.8 Å². The smallest absolute Gasteiger partial charge is 0.0629 e. The molecule has 0 saturated heterocycles. The summed E-state index contributed by atoms with van der Waals surface area (Å²) in [6.45, 7) is -0.00352. The van der Waals surface area contributed by atoms with E-state index in [0.29, 0.717) is 10.0 Å². The third-order valence-electron chi connectivity index (χ3n) is 2.13. The Balaban J connectivity index is 3.15. The molecule has 0 aliphatic carbocycles. The lowest BCUT2D eigenvalue weighted by Gasteiger charge is -2.24. The van der Waals surface area contributed by atoms with Crippen LogP contribution in [0.15, 0.2) is 18.2 Å². The summed E-state index contributed by atoms with van der Waals surface area (Å²) in [5, 5.41) is 10.4. The fourth-order valence-corrected chi connectivity index (χ4v) is 1.99. The zero-order valence-corrected chi connectivity index (χ0v) is 9.68. The zero-order chi connectivity index (χ0) is 10.7. The number of hydrogen-bond acceptors (Lipinski definition) is 2. The number of halogens is 2. The van der Waals surface area contributed by atoms with Crippen LogP contribution in [0.25, 0.3) is 0 Å². The van der Waals surface area contributed by atoms with Crippen molar-refractivity contribution in [3.8, 4) is 0 Å². The van der Waals surface area contributed by atoms with Crippen LogP contribution in [0.3, 0.4) is 0 Å². The molecule has 1 aromatic carbocycles. The van der Waals surface area contributed by atoms with Crippen LogP contribution in [-0.2, 0) is 0 Å². The number of aliphatic hydroxyl groups excluding tert-OH is 1. The Labute approximate surface area is 94.1 Å². The first-order chi connectivity index (χ1) is 6.57. The summed E-state index contributed by atoms with van der Waals surface area (Å²) < 4.78 is 0. The van der Waals surface area contributed by atoms with E-state index in [9.17, 15) is 5.11 Å². The van der Waals surface area contributed by atoms with Crippen LogP contribution in [0, 0.1) is 0 Å². The lowest BCUT2D eigenvalue weighted by atomic mass is 10.1. The van der Waals surface area contributed by atoms with E-state index in [-0.39, 0.29) is 12.6 Å². The second-order valence-corrected chi connectivity index (χ2v) is 4.11. The summed E-state index contributed by atoms with van der Waals surface area (Å²) in [6, 6.07) is 5.18. The van der Waals surface area contributed by atoms with Gasteiger partial charge in [0.15, 0.2) is 0 Å². The zero-order valence-electron chi connectivity index (χ0n) is 8.17. The highest BCUT2D eigenvalue weighted by Crippen LogP contribution is 2.32. The summed E-state index contributed by atoms with van der Waals surface area (Å²) in [4.78, 5) is 1.88. The van der Waals surface area contributed by atoms with Crippen molar-refractivity contribution in [1.82, 2.24) is 4.90 Å². The van der Waals surface area contributed by atoms with E-state index in [1.807, 2.05) is 19.0 Å². The molecule has 0 saturated carbocycles. The second-order valence-electron chi connectivity index (χ2n) is 3.30. The van der Waals surface area contributed by atoms with Crippen LogP contribution < -0.4 is 0 Å². The van der Waals surface area contributed by atoms with Gasteiger partial charge in [0.1, 0.15) is 0 Å². The van der Waals surface area contributed by atoms with E-state index < -0.39 is 0 Å². The average Bonchev–Trinajstić information content (AvgIpc) is 2.10. The van der Waals surface area contributed by atoms with Gasteiger partial charge in [0, 0.05) is 15.6 Å². The number of hydrogen-bond donors (Lipinski definition) is 1. The summed E-state index contributed by atoms with van der Waals surface area (Å²) in [5.41, 5.74) is 0.781. The maximum absolute atomic E-state index is 9.24. The van der Waals surface area contributed by atoms with Gasteiger partial charge in [-0.2, -0.15) is 0 Å². The van der Waals surface area contributed by atoms with E-state index in [0.717, 1.165) is 5.56 Å². The van der Waals surface area contributed by atoms with E-state index in [4.69, 9.17) is 23.2 Å². The maximum Gasteiger partial charge on any atom is 0.0629 e. The molecule has 0 spiro atoms. The minimum atomic E-state index is -0.156. The van der Waals surface area contributed by atoms with Gasteiger partial charge < -0.3 is 10.0 Å². The van der Waals surface area contributed by atoms with Gasteiger partial charge in [0.2, 0.25) is 0 Å². The number of likely N-dealkylation sites (N-methyl/N-ethyl adjacent to an activating group) is 1. The molecule has 1 aromatic rings. The molecular weight excluding hydrogens is 221 g/mol. The SMILES string of the molecule is CN(C)C(CO)c1c(Cl)cccc1Cl. The van der Waals surface area contributed by atoms with E-state index in [2.05, 4.69) is 0 Å². The van der Waals surface area contributed by atoms with Crippen molar-refractivity contribution >= 4 is 23.2 Å². The van der Waals surface area contributed by atoms with E-state index >= 15 is 0 Å². The van der Waals surface area contributed by atoms with Gasteiger partial charge in [-0.15, -0.1) is 0 Å². The Bertz CT molecular complexity index is 295. The van der Waals surface area contributed by atoms with Crippen molar-refractivity contribution in [2.24, 2.45) is 0 Å². The predicted octanol–water partition coefficient (Wildman–Crippen LogP) is 2.59. The molecule has 78 valence electrons. The normalized spacial score (nSPS) is 13.3. The largest absolute Gasteiger partial charge is 0.394 e. The van der Waals surface area contributed by atoms with Crippen LogP contribution in [-0.4, -0.2) is 30.7 Å². The predicted molar refractivity (Wildman–Crippen MR) is 60.0 cm³/mol. The standard InChI is InChI=1S/C10H13Cl2NO/c1-13(2)9(6-14)10-7(11)4-3-5-8(10)12/h3-5,9,14H,6H2,1-2H3. The summed E-state index contributed by atoms with van der Waals surface area (Å²) >= 11 is 12.0. The molecule has 2 nitrogen and oxygen atoms in total. The fourth-order valence-electron chi connectivity index (χ4n) is 1.34. The molecule has 0 aromatic heterocycles. The molecule has 4 heteroatoms. The molecule has 14 heavy (non-hydrogen) atoms. The van der Waals surface area contributed by atoms with Crippen molar-refractivity contribution in [3.63, 3.8) is 0 Å². The number of aliphatic hydroxyl groups is 1. The molecule has 0 fully saturated rings. The van der Waals surface area contributed by atoms with Crippen LogP contribution in [0.2, 0.25) is 10.0 Å². The van der Waals surface area contributed by atoms with Gasteiger partial charge in [-0.05, 0) is 26.2 Å². The van der Waals surface area contributed by atoms with Gasteiger partial charge in [-0.25, -0.2) is 0 Å². The molecule has 1 atom stereocenters. The number of nitrogens with zero attached hydrogens (tertiary/aromatic N) is 1. The molecule has 1 rings (SSSR count). The highest BCUT2D eigenvalue weighted by Gasteiger charge is 2.18. The highest BCUT2D eigenvalue weighted by atomic mass is 35.5. The molecule has 0 radical (unpaired) electrons. The molecule has 0 bridgehead atoms. The van der Waals surface area contributed by atoms with Gasteiger partial charge in [0.25, 0.3) is 0 Å².